The van der Waals surface area contributed by atoms with E-state index < -0.39 is 18.4 Å². The number of esters is 2. The van der Waals surface area contributed by atoms with Gasteiger partial charge in [0.2, 0.25) is 0 Å². The molecule has 0 aromatic carbocycles. The molecule has 0 aliphatic rings. The van der Waals surface area contributed by atoms with E-state index in [-0.39, 0.29) is 38.2 Å². The van der Waals surface area contributed by atoms with Gasteiger partial charge in [0.25, 0.3) is 6.29 Å². The van der Waals surface area contributed by atoms with Crippen molar-refractivity contribution >= 4 is 17.9 Å². The van der Waals surface area contributed by atoms with Crippen LogP contribution in [0.1, 0.15) is 361 Å². The first-order chi connectivity index (χ1) is 37.6. The second-order valence-electron chi connectivity index (χ2n) is 24.9. The Morgan fingerprint density at radius 3 is 0.831 bits per heavy atom. The van der Waals surface area contributed by atoms with Crippen LogP contribution in [0.15, 0.2) is 0 Å². The Labute approximate surface area is 479 Å². The van der Waals surface area contributed by atoms with Crippen molar-refractivity contribution in [1.29, 1.82) is 0 Å². The van der Waals surface area contributed by atoms with Gasteiger partial charge in [-0.25, -0.2) is 4.79 Å². The summed E-state index contributed by atoms with van der Waals surface area (Å²) in [7, 11) is 5.99. The van der Waals surface area contributed by atoms with Crippen molar-refractivity contribution in [2.24, 2.45) is 0 Å². The third-order valence-electron chi connectivity index (χ3n) is 15.9. The van der Waals surface area contributed by atoms with Gasteiger partial charge in [-0.2, -0.15) is 0 Å². The third-order valence-corrected chi connectivity index (χ3v) is 15.9. The molecule has 9 heteroatoms. The highest BCUT2D eigenvalue weighted by molar-refractivity contribution is 5.71. The number of rotatable bonds is 65. The van der Waals surface area contributed by atoms with Crippen LogP contribution in [0.25, 0.3) is 0 Å². The summed E-state index contributed by atoms with van der Waals surface area (Å²) >= 11 is 0. The lowest BCUT2D eigenvalue weighted by molar-refractivity contribution is -0.870. The predicted octanol–water partition coefficient (Wildman–Crippen LogP) is 20.7. The van der Waals surface area contributed by atoms with Gasteiger partial charge in [-0.3, -0.25) is 9.59 Å². The van der Waals surface area contributed by atoms with Crippen LogP contribution in [0, 0.1) is 0 Å². The zero-order valence-electron chi connectivity index (χ0n) is 52.4. The van der Waals surface area contributed by atoms with Crippen molar-refractivity contribution in [3.8, 4) is 0 Å². The van der Waals surface area contributed by atoms with Crippen LogP contribution < -0.4 is 0 Å². The van der Waals surface area contributed by atoms with E-state index in [2.05, 4.69) is 13.8 Å². The summed E-state index contributed by atoms with van der Waals surface area (Å²) in [5, 5.41) is 9.73. The second-order valence-corrected chi connectivity index (χ2v) is 24.9. The first kappa shape index (κ1) is 75.3. The Morgan fingerprint density at radius 1 is 0.338 bits per heavy atom. The summed E-state index contributed by atoms with van der Waals surface area (Å²) in [6.07, 6.45) is 67.9. The molecule has 2 atom stereocenters. The predicted molar refractivity (Wildman–Crippen MR) is 328 cm³/mol. The standard InChI is InChI=1S/C68H133NO8/c1-6-8-10-12-14-16-18-20-22-24-26-28-29-30-31-32-33-34-35-36-37-39-41-43-45-47-49-51-53-55-57-59-66(71)77-64(63-76-68(67(72)73)74-61-60-69(3,4)5)62-75-65(70)58-56-54-52-50-48-46-44-42-40-38-27-25-23-21-19-17-15-13-11-9-7-2/h64,68H,6-63H2,1-5H3/p+1. The fourth-order valence-electron chi connectivity index (χ4n) is 10.6. The van der Waals surface area contributed by atoms with Gasteiger partial charge in [0.1, 0.15) is 13.2 Å². The molecule has 0 aromatic rings. The zero-order valence-corrected chi connectivity index (χ0v) is 52.4. The fraction of sp³-hybridized carbons (Fsp3) is 0.956. The van der Waals surface area contributed by atoms with Gasteiger partial charge in [-0.1, -0.05) is 335 Å². The molecule has 0 rings (SSSR count). The van der Waals surface area contributed by atoms with Crippen LogP contribution in [0.3, 0.4) is 0 Å². The van der Waals surface area contributed by atoms with E-state index in [1.54, 1.807) is 0 Å². The van der Waals surface area contributed by atoms with Gasteiger partial charge in [0.15, 0.2) is 6.10 Å². The lowest BCUT2D eigenvalue weighted by Gasteiger charge is -2.25. The van der Waals surface area contributed by atoms with E-state index >= 15 is 0 Å². The molecule has 0 saturated heterocycles. The van der Waals surface area contributed by atoms with E-state index in [0.717, 1.165) is 38.5 Å². The van der Waals surface area contributed by atoms with Crippen molar-refractivity contribution < 1.29 is 42.9 Å². The quantitative estimate of drug-likeness (QED) is 0.0278. The van der Waals surface area contributed by atoms with E-state index in [0.29, 0.717) is 17.4 Å². The topological polar surface area (TPSA) is 108 Å². The number of unbranched alkanes of at least 4 members (excludes halogenated alkanes) is 50. The lowest BCUT2D eigenvalue weighted by Crippen LogP contribution is -2.40. The average molecular weight is 1090 g/mol. The number of quaternary nitrogens is 1. The highest BCUT2D eigenvalue weighted by Gasteiger charge is 2.25. The molecule has 2 unspecified atom stereocenters. The normalized spacial score (nSPS) is 12.6. The van der Waals surface area contributed by atoms with Crippen LogP contribution in [0.4, 0.5) is 0 Å². The molecule has 0 fully saturated rings. The molecule has 0 aliphatic carbocycles. The number of carboxylic acids is 1. The molecule has 1 N–H and O–H groups in total. The third kappa shape index (κ3) is 61.8. The fourth-order valence-corrected chi connectivity index (χ4v) is 10.6. The molecule has 0 amide bonds. The number of hydrogen-bond donors (Lipinski definition) is 1. The number of ether oxygens (including phenoxy) is 4. The molecule has 0 spiro atoms. The van der Waals surface area contributed by atoms with Gasteiger partial charge >= 0.3 is 17.9 Å². The Hall–Kier alpha value is -1.71. The zero-order chi connectivity index (χ0) is 56.2. The summed E-state index contributed by atoms with van der Waals surface area (Å²) in [6, 6.07) is 0. The summed E-state index contributed by atoms with van der Waals surface area (Å²) in [5.74, 6) is -1.97. The number of likely N-dealkylation sites (N-methyl/N-ethyl adjacent to an activating group) is 1. The van der Waals surface area contributed by atoms with Gasteiger partial charge in [-0.15, -0.1) is 0 Å². The van der Waals surface area contributed by atoms with Crippen LogP contribution >= 0.6 is 0 Å². The van der Waals surface area contributed by atoms with Crippen LogP contribution in [-0.4, -0.2) is 87.4 Å². The van der Waals surface area contributed by atoms with Crippen molar-refractivity contribution in [2.75, 3.05) is 47.5 Å². The minimum absolute atomic E-state index is 0.172. The number of carbonyl (C=O) groups excluding carboxylic acids is 2. The molecule has 458 valence electrons. The number of hydrogen-bond acceptors (Lipinski definition) is 7. The Kier molecular flexibility index (Phi) is 59.0. The maximum Gasteiger partial charge on any atom is 0.361 e. The number of carbonyl (C=O) groups is 3. The summed E-state index contributed by atoms with van der Waals surface area (Å²) < 4.78 is 23.0. The Bertz CT molecular complexity index is 1220. The van der Waals surface area contributed by atoms with Crippen LogP contribution in [-0.2, 0) is 33.3 Å². The largest absolute Gasteiger partial charge is 0.477 e. The minimum atomic E-state index is -1.50. The van der Waals surface area contributed by atoms with E-state index in [1.807, 2.05) is 21.1 Å². The monoisotopic (exact) mass is 1090 g/mol. The molecule has 0 aliphatic heterocycles. The number of aliphatic carboxylic acids is 1. The average Bonchev–Trinajstić information content (AvgIpc) is 3.40. The smallest absolute Gasteiger partial charge is 0.361 e. The lowest BCUT2D eigenvalue weighted by atomic mass is 10.0. The highest BCUT2D eigenvalue weighted by atomic mass is 16.7. The summed E-state index contributed by atoms with van der Waals surface area (Å²) in [4.78, 5) is 37.6. The molecule has 0 aromatic heterocycles. The van der Waals surface area contributed by atoms with Crippen LogP contribution in [0.5, 0.6) is 0 Å². The number of nitrogens with zero attached hydrogens (tertiary/aromatic N) is 1. The van der Waals surface area contributed by atoms with E-state index in [1.165, 1.54) is 295 Å². The van der Waals surface area contributed by atoms with E-state index in [9.17, 15) is 19.5 Å². The highest BCUT2D eigenvalue weighted by Crippen LogP contribution is 2.19. The second kappa shape index (κ2) is 60.4. The maximum atomic E-state index is 12.9. The molecule has 0 heterocycles. The van der Waals surface area contributed by atoms with Crippen molar-refractivity contribution in [3.63, 3.8) is 0 Å². The van der Waals surface area contributed by atoms with Gasteiger partial charge in [0.05, 0.1) is 34.4 Å². The summed E-state index contributed by atoms with van der Waals surface area (Å²) in [5.41, 5.74) is 0. The Balaban J connectivity index is 4.04. The first-order valence-electron chi connectivity index (χ1n) is 34.2. The molecule has 0 bridgehead atoms. The SMILES string of the molecule is CCCCCCCCCCCCCCCCCCCCCCCCCCCCCCCCCC(=O)OC(COC(=O)CCCCCCCCCCCCCCCCCCCCCCC)COC(OCC[N+](C)(C)C)C(=O)O. The molecule has 0 saturated carbocycles. The van der Waals surface area contributed by atoms with E-state index in [4.69, 9.17) is 18.9 Å². The molecule has 9 nitrogen and oxygen atoms in total. The molecular formula is C68H134NO8+. The van der Waals surface area contributed by atoms with Crippen molar-refractivity contribution in [1.82, 2.24) is 0 Å². The van der Waals surface area contributed by atoms with Crippen molar-refractivity contribution in [3.05, 3.63) is 0 Å². The molecule has 77 heavy (non-hydrogen) atoms. The Morgan fingerprint density at radius 2 is 0.584 bits per heavy atom. The van der Waals surface area contributed by atoms with Gasteiger partial charge < -0.3 is 28.5 Å². The van der Waals surface area contributed by atoms with Crippen LogP contribution in [0.2, 0.25) is 0 Å². The van der Waals surface area contributed by atoms with Gasteiger partial charge in [0, 0.05) is 12.8 Å². The summed E-state index contributed by atoms with van der Waals surface area (Å²) in [6.45, 7) is 4.97. The number of carboxylic acid groups (broad SMARTS) is 1. The maximum absolute atomic E-state index is 12.9. The molecule has 0 radical (unpaired) electrons. The minimum Gasteiger partial charge on any atom is -0.477 e. The van der Waals surface area contributed by atoms with Crippen molar-refractivity contribution in [2.45, 2.75) is 373 Å². The first-order valence-corrected chi connectivity index (χ1v) is 34.2. The van der Waals surface area contributed by atoms with Gasteiger partial charge in [-0.05, 0) is 12.8 Å². The molecular weight excluding hydrogens is 959 g/mol.